The van der Waals surface area contributed by atoms with Crippen LogP contribution in [0.25, 0.3) is 0 Å². The van der Waals surface area contributed by atoms with E-state index in [0.717, 1.165) is 0 Å². The Bertz CT molecular complexity index is 182. The van der Waals surface area contributed by atoms with Gasteiger partial charge >= 0.3 is 8.32 Å². The van der Waals surface area contributed by atoms with Gasteiger partial charge in [-0.05, 0) is 20.8 Å². The summed E-state index contributed by atoms with van der Waals surface area (Å²) in [6.45, 7) is 16.8. The van der Waals surface area contributed by atoms with Gasteiger partial charge in [-0.1, -0.05) is 17.1 Å². The Morgan fingerprint density at radius 3 is 1.62 bits per heavy atom. The van der Waals surface area contributed by atoms with E-state index >= 15 is 0 Å². The summed E-state index contributed by atoms with van der Waals surface area (Å²) < 4.78 is 5.33. The van der Waals surface area contributed by atoms with Crippen molar-refractivity contribution in [3.8, 4) is 0 Å². The number of rotatable bonds is 5. The van der Waals surface area contributed by atoms with Crippen molar-refractivity contribution >= 4 is 8.32 Å². The molecular formula is C10H18O2Si. The van der Waals surface area contributed by atoms with Crippen molar-refractivity contribution in [3.63, 3.8) is 0 Å². The Labute approximate surface area is 81.6 Å². The molecule has 0 aliphatic carbocycles. The lowest BCUT2D eigenvalue weighted by molar-refractivity contribution is -0.281. The summed E-state index contributed by atoms with van der Waals surface area (Å²) >= 11 is 0. The summed E-state index contributed by atoms with van der Waals surface area (Å²) in [5.74, 6) is 0. The van der Waals surface area contributed by atoms with Crippen molar-refractivity contribution in [2.24, 2.45) is 0 Å². The minimum Gasteiger partial charge on any atom is -0.271 e. The van der Waals surface area contributed by atoms with Crippen LogP contribution < -0.4 is 0 Å². The first-order valence-corrected chi connectivity index (χ1v) is 6.31. The van der Waals surface area contributed by atoms with Gasteiger partial charge in [0.25, 0.3) is 0 Å². The van der Waals surface area contributed by atoms with Crippen LogP contribution in [0.1, 0.15) is 20.8 Å². The standard InChI is InChI=1S/C10H18O2Si/c1-7-13(8-2,9-3)12-11-10(4,5)6/h7-9H,1-3H2,4-6H3. The quantitative estimate of drug-likeness (QED) is 0.384. The molecule has 0 aromatic heterocycles. The Hall–Kier alpha value is -0.643. The van der Waals surface area contributed by atoms with E-state index in [-0.39, 0.29) is 5.60 Å². The number of hydrogen-bond donors (Lipinski definition) is 0. The van der Waals surface area contributed by atoms with Crippen molar-refractivity contribution < 1.29 is 9.46 Å². The fourth-order valence-corrected chi connectivity index (χ4v) is 1.65. The van der Waals surface area contributed by atoms with E-state index < -0.39 is 8.32 Å². The van der Waals surface area contributed by atoms with E-state index in [1.54, 1.807) is 17.1 Å². The molecule has 0 spiro atoms. The molecule has 0 aromatic carbocycles. The first kappa shape index (κ1) is 12.4. The summed E-state index contributed by atoms with van der Waals surface area (Å²) in [5, 5.41) is 0. The molecule has 0 atom stereocenters. The molecule has 0 aliphatic heterocycles. The maximum absolute atomic E-state index is 5.33. The summed E-state index contributed by atoms with van der Waals surface area (Å²) in [7, 11) is -2.26. The van der Waals surface area contributed by atoms with Crippen LogP contribution in [0.2, 0.25) is 0 Å². The normalized spacial score (nSPS) is 12.2. The lowest BCUT2D eigenvalue weighted by Gasteiger charge is -2.25. The third-order valence-corrected chi connectivity index (χ3v) is 3.68. The smallest absolute Gasteiger partial charge is 0.271 e. The van der Waals surface area contributed by atoms with Gasteiger partial charge in [0.1, 0.15) is 0 Å². The molecule has 74 valence electrons. The van der Waals surface area contributed by atoms with Crippen molar-refractivity contribution in [2.45, 2.75) is 26.4 Å². The van der Waals surface area contributed by atoms with Crippen LogP contribution in [0, 0.1) is 0 Å². The van der Waals surface area contributed by atoms with Gasteiger partial charge < -0.3 is 0 Å². The molecule has 2 nitrogen and oxygen atoms in total. The molecule has 0 aromatic rings. The second-order valence-electron chi connectivity index (χ2n) is 3.74. The van der Waals surface area contributed by atoms with Gasteiger partial charge in [-0.25, -0.2) is 4.89 Å². The molecule has 0 saturated carbocycles. The third-order valence-electron chi connectivity index (χ3n) is 1.39. The molecule has 0 fully saturated rings. The van der Waals surface area contributed by atoms with Gasteiger partial charge in [0, 0.05) is 0 Å². The largest absolute Gasteiger partial charge is 0.308 e. The highest BCUT2D eigenvalue weighted by molar-refractivity contribution is 6.87. The molecule has 13 heavy (non-hydrogen) atoms. The molecule has 0 rings (SSSR count). The van der Waals surface area contributed by atoms with Gasteiger partial charge in [0.05, 0.1) is 5.60 Å². The summed E-state index contributed by atoms with van der Waals surface area (Å²) in [6.07, 6.45) is 0. The van der Waals surface area contributed by atoms with Gasteiger partial charge in [-0.15, -0.1) is 19.7 Å². The highest BCUT2D eigenvalue weighted by Crippen LogP contribution is 2.15. The molecule has 0 aliphatic rings. The van der Waals surface area contributed by atoms with Crippen LogP contribution in [0.3, 0.4) is 0 Å². The topological polar surface area (TPSA) is 18.5 Å². The van der Waals surface area contributed by atoms with Crippen LogP contribution in [-0.2, 0) is 9.46 Å². The molecule has 0 bridgehead atoms. The van der Waals surface area contributed by atoms with Gasteiger partial charge in [-0.2, -0.15) is 0 Å². The van der Waals surface area contributed by atoms with Crippen molar-refractivity contribution in [2.75, 3.05) is 0 Å². The average molecular weight is 198 g/mol. The zero-order valence-corrected chi connectivity index (χ0v) is 9.67. The van der Waals surface area contributed by atoms with Gasteiger partial charge in [0.15, 0.2) is 0 Å². The SMILES string of the molecule is C=C[Si](C=C)(C=C)OOC(C)(C)C. The van der Waals surface area contributed by atoms with Crippen molar-refractivity contribution in [1.29, 1.82) is 0 Å². The highest BCUT2D eigenvalue weighted by atomic mass is 28.4. The molecule has 0 unspecified atom stereocenters. The van der Waals surface area contributed by atoms with Gasteiger partial charge in [-0.3, -0.25) is 4.58 Å². The Morgan fingerprint density at radius 2 is 1.38 bits per heavy atom. The summed E-state index contributed by atoms with van der Waals surface area (Å²) in [6, 6.07) is 0. The molecule has 0 amide bonds. The van der Waals surface area contributed by atoms with E-state index in [2.05, 4.69) is 19.7 Å². The zero-order valence-electron chi connectivity index (χ0n) is 8.67. The van der Waals surface area contributed by atoms with E-state index in [4.69, 9.17) is 9.46 Å². The van der Waals surface area contributed by atoms with E-state index in [1.165, 1.54) is 0 Å². The molecule has 0 radical (unpaired) electrons. The van der Waals surface area contributed by atoms with Crippen LogP contribution in [-0.4, -0.2) is 13.9 Å². The Balaban J connectivity index is 4.36. The Kier molecular flexibility index (Phi) is 4.33. The maximum Gasteiger partial charge on any atom is 0.308 e. The molecule has 0 N–H and O–H groups in total. The van der Waals surface area contributed by atoms with E-state index in [9.17, 15) is 0 Å². The zero-order chi connectivity index (χ0) is 10.5. The minimum atomic E-state index is -2.26. The molecular weight excluding hydrogens is 180 g/mol. The van der Waals surface area contributed by atoms with Crippen LogP contribution in [0.5, 0.6) is 0 Å². The fraction of sp³-hybridized carbons (Fsp3) is 0.400. The minimum absolute atomic E-state index is 0.326. The van der Waals surface area contributed by atoms with Crippen molar-refractivity contribution in [1.82, 2.24) is 0 Å². The first-order chi connectivity index (χ1) is 5.89. The number of hydrogen-bond acceptors (Lipinski definition) is 2. The lowest BCUT2D eigenvalue weighted by atomic mass is 10.2. The first-order valence-electron chi connectivity index (χ1n) is 4.17. The monoisotopic (exact) mass is 198 g/mol. The average Bonchev–Trinajstić information content (AvgIpc) is 2.06. The summed E-state index contributed by atoms with van der Waals surface area (Å²) in [5.41, 5.74) is 4.84. The van der Waals surface area contributed by atoms with Gasteiger partial charge in [0.2, 0.25) is 0 Å². The van der Waals surface area contributed by atoms with E-state index in [0.29, 0.717) is 0 Å². The molecule has 0 heterocycles. The second-order valence-corrected chi connectivity index (χ2v) is 6.84. The van der Waals surface area contributed by atoms with E-state index in [1.807, 2.05) is 20.8 Å². The lowest BCUT2D eigenvalue weighted by Crippen LogP contribution is -2.35. The molecule has 3 heteroatoms. The summed E-state index contributed by atoms with van der Waals surface area (Å²) in [4.78, 5) is 5.22. The predicted octanol–water partition coefficient (Wildman–Crippen LogP) is 2.85. The fourth-order valence-electron chi connectivity index (χ4n) is 0.549. The third kappa shape index (κ3) is 4.22. The maximum atomic E-state index is 5.33. The van der Waals surface area contributed by atoms with Crippen LogP contribution in [0.4, 0.5) is 0 Å². The van der Waals surface area contributed by atoms with Crippen LogP contribution in [0.15, 0.2) is 36.8 Å². The van der Waals surface area contributed by atoms with Crippen molar-refractivity contribution in [3.05, 3.63) is 36.8 Å². The Morgan fingerprint density at radius 1 is 1.00 bits per heavy atom. The predicted molar refractivity (Wildman–Crippen MR) is 58.3 cm³/mol. The second kappa shape index (κ2) is 4.55. The molecule has 0 saturated heterocycles. The highest BCUT2D eigenvalue weighted by Gasteiger charge is 2.28. The van der Waals surface area contributed by atoms with Crippen LogP contribution >= 0.6 is 0 Å².